The Morgan fingerprint density at radius 1 is 1.18 bits per heavy atom. The zero-order valence-corrected chi connectivity index (χ0v) is 16.7. The van der Waals surface area contributed by atoms with E-state index in [1.807, 2.05) is 25.1 Å². The largest absolute Gasteiger partial charge is 0.330 e. The van der Waals surface area contributed by atoms with E-state index in [4.69, 9.17) is 0 Å². The van der Waals surface area contributed by atoms with Gasteiger partial charge in [-0.3, -0.25) is 14.9 Å². The van der Waals surface area contributed by atoms with Gasteiger partial charge in [0.1, 0.15) is 0 Å². The highest BCUT2D eigenvalue weighted by Gasteiger charge is 2.15. The summed E-state index contributed by atoms with van der Waals surface area (Å²) in [5.74, 6) is -0.137. The molecule has 0 fully saturated rings. The Morgan fingerprint density at radius 3 is 2.68 bits per heavy atom. The van der Waals surface area contributed by atoms with Gasteiger partial charge >= 0.3 is 0 Å². The van der Waals surface area contributed by atoms with Crippen LogP contribution >= 0.6 is 23.1 Å². The fourth-order valence-electron chi connectivity index (χ4n) is 2.42. The fourth-order valence-corrected chi connectivity index (χ4v) is 4.45. The summed E-state index contributed by atoms with van der Waals surface area (Å²) in [5, 5.41) is 25.8. The van der Waals surface area contributed by atoms with Crippen molar-refractivity contribution in [2.45, 2.75) is 23.4 Å². The number of thioether (sulfide) groups is 1. The molecule has 0 aliphatic carbocycles. The van der Waals surface area contributed by atoms with Gasteiger partial charge in [0, 0.05) is 35.7 Å². The lowest BCUT2D eigenvalue weighted by Gasteiger charge is -2.08. The molecule has 144 valence electrons. The lowest BCUT2D eigenvalue weighted by Crippen LogP contribution is -2.05. The van der Waals surface area contributed by atoms with Crippen LogP contribution < -0.4 is 10.6 Å². The Balaban J connectivity index is 1.66. The molecular weight excluding hydrogens is 398 g/mol. The number of nitrogens with zero attached hydrogens (tertiary/aromatic N) is 3. The van der Waals surface area contributed by atoms with Crippen LogP contribution in [-0.4, -0.2) is 21.0 Å². The number of carbonyl (C=O) groups is 1. The van der Waals surface area contributed by atoms with Crippen molar-refractivity contribution in [1.29, 1.82) is 0 Å². The fraction of sp³-hybridized carbons (Fsp3) is 0.167. The molecule has 1 amide bonds. The number of hydrogen-bond donors (Lipinski definition) is 2. The smallest absolute Gasteiger partial charge is 0.269 e. The van der Waals surface area contributed by atoms with E-state index in [9.17, 15) is 14.9 Å². The number of carbonyl (C=O) groups excluding carboxylic acids is 1. The molecule has 0 saturated heterocycles. The monoisotopic (exact) mass is 415 g/mol. The minimum Gasteiger partial charge on any atom is -0.330 e. The Labute approximate surface area is 169 Å². The second kappa shape index (κ2) is 8.81. The molecule has 1 aromatic heterocycles. The van der Waals surface area contributed by atoms with Gasteiger partial charge in [-0.2, -0.15) is 0 Å². The number of amides is 1. The first-order chi connectivity index (χ1) is 13.4. The average Bonchev–Trinajstić information content (AvgIpc) is 3.08. The standard InChI is InChI=1S/C18H17N5O3S2/c1-11(13-5-3-8-16(9-13)23(25)26)27-18-22-21-17(28-18)20-15-7-4-6-14(10-15)19-12(2)24/h3-11H,1-2H3,(H,19,24)(H,20,21). The van der Waals surface area contributed by atoms with Crippen LogP contribution in [0.3, 0.4) is 0 Å². The van der Waals surface area contributed by atoms with Crippen molar-refractivity contribution in [1.82, 2.24) is 10.2 Å². The normalized spacial score (nSPS) is 11.6. The van der Waals surface area contributed by atoms with Gasteiger partial charge in [0.15, 0.2) is 4.34 Å². The summed E-state index contributed by atoms with van der Waals surface area (Å²) >= 11 is 2.87. The Morgan fingerprint density at radius 2 is 1.93 bits per heavy atom. The number of non-ortho nitro benzene ring substituents is 1. The highest BCUT2D eigenvalue weighted by molar-refractivity contribution is 8.01. The molecule has 3 aromatic rings. The Kier molecular flexibility index (Phi) is 6.22. The van der Waals surface area contributed by atoms with E-state index in [1.165, 1.54) is 36.1 Å². The summed E-state index contributed by atoms with van der Waals surface area (Å²) < 4.78 is 0.750. The number of rotatable bonds is 7. The van der Waals surface area contributed by atoms with Gasteiger partial charge in [0.25, 0.3) is 5.69 Å². The number of nitrogens with one attached hydrogen (secondary N) is 2. The van der Waals surface area contributed by atoms with Gasteiger partial charge in [0.2, 0.25) is 11.0 Å². The van der Waals surface area contributed by atoms with E-state index in [0.29, 0.717) is 10.8 Å². The summed E-state index contributed by atoms with van der Waals surface area (Å²) in [4.78, 5) is 21.7. The van der Waals surface area contributed by atoms with E-state index in [1.54, 1.807) is 24.3 Å². The topological polar surface area (TPSA) is 110 Å². The Hall–Kier alpha value is -2.98. The van der Waals surface area contributed by atoms with E-state index < -0.39 is 4.92 Å². The van der Waals surface area contributed by atoms with Crippen molar-refractivity contribution >= 4 is 51.2 Å². The molecule has 1 heterocycles. The summed E-state index contributed by atoms with van der Waals surface area (Å²) in [6, 6.07) is 13.9. The molecule has 0 aliphatic rings. The first-order valence-electron chi connectivity index (χ1n) is 8.30. The number of nitro groups is 1. The summed E-state index contributed by atoms with van der Waals surface area (Å²) in [6.07, 6.45) is 0. The lowest BCUT2D eigenvalue weighted by molar-refractivity contribution is -0.384. The SMILES string of the molecule is CC(=O)Nc1cccc(Nc2nnc(SC(C)c3cccc([N+](=O)[O-])c3)s2)c1. The third-order valence-corrected chi connectivity index (χ3v) is 5.75. The van der Waals surface area contributed by atoms with Gasteiger partial charge < -0.3 is 10.6 Å². The Bertz CT molecular complexity index is 1010. The zero-order chi connectivity index (χ0) is 20.1. The van der Waals surface area contributed by atoms with Gasteiger partial charge in [-0.05, 0) is 30.7 Å². The number of nitro benzene ring substituents is 1. The minimum atomic E-state index is -0.400. The van der Waals surface area contributed by atoms with Crippen LogP contribution in [0, 0.1) is 10.1 Å². The van der Waals surface area contributed by atoms with E-state index in [-0.39, 0.29) is 16.8 Å². The highest BCUT2D eigenvalue weighted by atomic mass is 32.2. The van der Waals surface area contributed by atoms with Gasteiger partial charge in [-0.15, -0.1) is 10.2 Å². The molecule has 2 aromatic carbocycles. The van der Waals surface area contributed by atoms with Crippen LogP contribution in [0.1, 0.15) is 24.7 Å². The molecule has 0 spiro atoms. The third-order valence-electron chi connectivity index (χ3n) is 3.67. The maximum Gasteiger partial charge on any atom is 0.269 e. The minimum absolute atomic E-state index is 0.0104. The molecule has 28 heavy (non-hydrogen) atoms. The summed E-state index contributed by atoms with van der Waals surface area (Å²) in [6.45, 7) is 3.42. The molecule has 0 aliphatic heterocycles. The average molecular weight is 416 g/mol. The predicted molar refractivity (Wildman–Crippen MR) is 111 cm³/mol. The van der Waals surface area contributed by atoms with Crippen LogP contribution in [-0.2, 0) is 4.79 Å². The van der Waals surface area contributed by atoms with Crippen LogP contribution in [0.5, 0.6) is 0 Å². The maximum atomic E-state index is 11.2. The van der Waals surface area contributed by atoms with Crippen molar-refractivity contribution in [3.63, 3.8) is 0 Å². The van der Waals surface area contributed by atoms with Crippen LogP contribution in [0.4, 0.5) is 22.2 Å². The molecule has 2 N–H and O–H groups in total. The molecule has 0 saturated carbocycles. The molecule has 10 heteroatoms. The van der Waals surface area contributed by atoms with Crippen LogP contribution in [0.15, 0.2) is 52.9 Å². The van der Waals surface area contributed by atoms with Crippen molar-refractivity contribution < 1.29 is 9.72 Å². The molecule has 3 rings (SSSR count). The molecular formula is C18H17N5O3S2. The highest BCUT2D eigenvalue weighted by Crippen LogP contribution is 2.38. The first kappa shape index (κ1) is 19.8. The van der Waals surface area contributed by atoms with E-state index >= 15 is 0 Å². The molecule has 1 atom stereocenters. The van der Waals surface area contributed by atoms with Gasteiger partial charge in [-0.25, -0.2) is 0 Å². The van der Waals surface area contributed by atoms with E-state index in [2.05, 4.69) is 20.8 Å². The zero-order valence-electron chi connectivity index (χ0n) is 15.1. The molecule has 0 radical (unpaired) electrons. The van der Waals surface area contributed by atoms with Gasteiger partial charge in [-0.1, -0.05) is 41.3 Å². The molecule has 8 nitrogen and oxygen atoms in total. The van der Waals surface area contributed by atoms with Crippen molar-refractivity contribution in [3.05, 3.63) is 64.2 Å². The summed E-state index contributed by atoms with van der Waals surface area (Å²) in [7, 11) is 0. The predicted octanol–water partition coefficient (Wildman–Crippen LogP) is 5.00. The number of benzene rings is 2. The quantitative estimate of drug-likeness (QED) is 0.317. The second-order valence-corrected chi connectivity index (χ2v) is 8.44. The lowest BCUT2D eigenvalue weighted by atomic mass is 10.1. The second-order valence-electron chi connectivity index (χ2n) is 5.87. The number of aromatic nitrogens is 2. The van der Waals surface area contributed by atoms with E-state index in [0.717, 1.165) is 15.6 Å². The van der Waals surface area contributed by atoms with Crippen LogP contribution in [0.2, 0.25) is 0 Å². The van der Waals surface area contributed by atoms with Crippen molar-refractivity contribution in [3.8, 4) is 0 Å². The van der Waals surface area contributed by atoms with Crippen molar-refractivity contribution in [2.24, 2.45) is 0 Å². The molecule has 0 bridgehead atoms. The molecule has 1 unspecified atom stereocenters. The third kappa shape index (κ3) is 5.27. The van der Waals surface area contributed by atoms with Crippen molar-refractivity contribution in [2.75, 3.05) is 10.6 Å². The maximum absolute atomic E-state index is 11.2. The van der Waals surface area contributed by atoms with Crippen LogP contribution in [0.25, 0.3) is 0 Å². The number of hydrogen-bond acceptors (Lipinski definition) is 8. The summed E-state index contributed by atoms with van der Waals surface area (Å²) in [5.41, 5.74) is 2.40. The number of anilines is 3. The first-order valence-corrected chi connectivity index (χ1v) is 9.99. The van der Waals surface area contributed by atoms with Gasteiger partial charge in [0.05, 0.1) is 4.92 Å².